The Bertz CT molecular complexity index is 2980. The fourth-order valence-electron chi connectivity index (χ4n) is 25.7. The molecule has 0 radical (unpaired) electrons. The molecule has 0 unspecified atom stereocenters. The van der Waals surface area contributed by atoms with Gasteiger partial charge in [-0.15, -0.1) is 0 Å². The standard InChI is InChI=1S/C69H85N3O5/c1-38-29-45-20-21-51-46-30-47-37-71(51)59(45)56-49-22-27-67-62-61(73)55-43(32-52(47)72(36-46)60(55)48-34-65(23-5-6-24-65)66(35-48)25-7-8-26-66)14-9-13-41-17-16-40(15-10-28-70)54-58(41)69(67,77-63(54)74)53-33-42(39-11-3-2-4-12-39)18-19-44(31-50(38)56)57(49)68(53,67)64(75)76-62/h16-19,38-39,42-44,46-48,50-53,55-56,60,73H,2-8,10-13,15,20-37,70H2,1H3/b19-18-,62-61+/t38-,42+,43+,44-,46-,47-,50+,51+,52-,53-,55+,56-,60+,67+,68+,69-/m0/s1. The van der Waals surface area contributed by atoms with Crippen molar-refractivity contribution >= 4 is 11.9 Å². The van der Waals surface area contributed by atoms with Crippen molar-refractivity contribution in [1.82, 2.24) is 9.80 Å². The van der Waals surface area contributed by atoms with Crippen LogP contribution in [0.25, 0.3) is 0 Å². The van der Waals surface area contributed by atoms with Crippen molar-refractivity contribution in [3.63, 3.8) is 0 Å². The highest BCUT2D eigenvalue weighted by Gasteiger charge is 2.94. The van der Waals surface area contributed by atoms with Gasteiger partial charge in [-0.05, 0) is 203 Å². The van der Waals surface area contributed by atoms with Gasteiger partial charge >= 0.3 is 11.9 Å². The number of allylic oxidation sites excluding steroid dienone is 4. The topological polar surface area (TPSA) is 105 Å². The molecule has 6 aliphatic heterocycles. The van der Waals surface area contributed by atoms with E-state index in [-0.39, 0.29) is 53.5 Å². The average molecular weight is 1040 g/mol. The molecule has 8 heteroatoms. The van der Waals surface area contributed by atoms with Crippen molar-refractivity contribution < 1.29 is 24.2 Å². The lowest BCUT2D eigenvalue weighted by molar-refractivity contribution is -0.283. The largest absolute Gasteiger partial charge is 0.508 e. The predicted molar refractivity (Wildman–Crippen MR) is 294 cm³/mol. The summed E-state index contributed by atoms with van der Waals surface area (Å²) in [5.41, 5.74) is 13.8. The minimum atomic E-state index is -1.19. The number of nitrogens with zero attached hydrogens (tertiary/aromatic N) is 2. The number of carbonyl (C=O) groups is 2. The number of nitrogens with two attached hydrogens (primary N) is 1. The molecule has 77 heavy (non-hydrogen) atoms. The number of carbonyl (C=O) groups excluding carboxylic acids is 2. The molecule has 3 N–H and O–H groups in total. The molecule has 8 nitrogen and oxygen atoms in total. The smallest absolute Gasteiger partial charge is 0.339 e. The van der Waals surface area contributed by atoms with Crippen molar-refractivity contribution in [2.75, 3.05) is 19.6 Å². The number of piperidine rings is 3. The Kier molecular flexibility index (Phi) is 9.75. The normalized spacial score (nSPS) is 47.1. The Morgan fingerprint density at radius 3 is 2.42 bits per heavy atom. The van der Waals surface area contributed by atoms with Crippen molar-refractivity contribution in [1.29, 1.82) is 0 Å². The van der Waals surface area contributed by atoms with Crippen molar-refractivity contribution in [2.45, 2.75) is 204 Å². The van der Waals surface area contributed by atoms with Crippen LogP contribution in [0, 0.1) is 105 Å². The van der Waals surface area contributed by atoms with Crippen LogP contribution in [0.3, 0.4) is 0 Å². The molecular formula is C69H85N3O5. The fraction of sp³-hybridized carbons (Fsp3) is 0.739. The van der Waals surface area contributed by atoms with Gasteiger partial charge in [0.15, 0.2) is 11.4 Å². The molecule has 10 aliphatic carbocycles. The Labute approximate surface area is 458 Å². The quantitative estimate of drug-likeness (QED) is 0.171. The number of aryl methyl sites for hydroxylation is 1. The van der Waals surface area contributed by atoms with Crippen LogP contribution < -0.4 is 5.73 Å². The molecule has 5 saturated carbocycles. The monoisotopic (exact) mass is 1040 g/mol. The maximum atomic E-state index is 17.0. The first-order chi connectivity index (χ1) is 37.6. The van der Waals surface area contributed by atoms with E-state index in [0.717, 1.165) is 61.9 Å². The van der Waals surface area contributed by atoms with Crippen molar-refractivity contribution in [3.8, 4) is 11.8 Å². The van der Waals surface area contributed by atoms with E-state index in [4.69, 9.17) is 15.2 Å². The molecule has 16 atom stereocenters. The lowest BCUT2D eigenvalue weighted by atomic mass is 9.27. The van der Waals surface area contributed by atoms with E-state index in [1.807, 2.05) is 0 Å². The van der Waals surface area contributed by atoms with E-state index >= 15 is 9.59 Å². The first kappa shape index (κ1) is 46.9. The molecule has 6 heterocycles. The third kappa shape index (κ3) is 5.46. The second-order valence-electron chi connectivity index (χ2n) is 30.1. The number of aliphatic hydroxyl groups is 1. The highest BCUT2D eigenvalue weighted by molar-refractivity contribution is 6.01. The number of rotatable bonds is 5. The molecule has 0 aromatic heterocycles. The molecule has 17 rings (SSSR count). The summed E-state index contributed by atoms with van der Waals surface area (Å²) >= 11 is 0. The number of esters is 2. The van der Waals surface area contributed by atoms with Gasteiger partial charge in [-0.25, -0.2) is 4.79 Å². The summed E-state index contributed by atoms with van der Waals surface area (Å²) < 4.78 is 15.2. The van der Waals surface area contributed by atoms with E-state index in [0.29, 0.717) is 101 Å². The third-order valence-corrected chi connectivity index (χ3v) is 27.9. The number of hydrogen-bond donors (Lipinski definition) is 2. The Hall–Kier alpha value is -3.80. The molecule has 406 valence electrons. The minimum Gasteiger partial charge on any atom is -0.508 e. The number of fused-ring (bicyclic) bond motifs is 12. The zero-order chi connectivity index (χ0) is 51.1. The molecule has 1 aromatic rings. The summed E-state index contributed by atoms with van der Waals surface area (Å²) in [5, 5.41) is 14.7. The maximum absolute atomic E-state index is 17.0. The van der Waals surface area contributed by atoms with Gasteiger partial charge in [-0.2, -0.15) is 0 Å². The summed E-state index contributed by atoms with van der Waals surface area (Å²) in [4.78, 5) is 39.0. The van der Waals surface area contributed by atoms with Crippen LogP contribution in [-0.4, -0.2) is 64.6 Å². The Morgan fingerprint density at radius 2 is 1.62 bits per heavy atom. The second kappa shape index (κ2) is 16.0. The van der Waals surface area contributed by atoms with E-state index in [1.165, 1.54) is 128 Å². The summed E-state index contributed by atoms with van der Waals surface area (Å²) in [6.07, 6.45) is 36.1. The van der Waals surface area contributed by atoms with Gasteiger partial charge in [0.2, 0.25) is 0 Å². The number of hydrogen-bond acceptors (Lipinski definition) is 8. The van der Waals surface area contributed by atoms with Gasteiger partial charge < -0.3 is 25.2 Å². The predicted octanol–water partition coefficient (Wildman–Crippen LogP) is 12.6. The summed E-state index contributed by atoms with van der Waals surface area (Å²) in [6.45, 7) is 5.36. The average Bonchev–Trinajstić information content (AvgIpc) is 2.10. The van der Waals surface area contributed by atoms with Gasteiger partial charge in [0.25, 0.3) is 0 Å². The number of benzene rings is 1. The highest BCUT2D eigenvalue weighted by Crippen LogP contribution is 2.89. The van der Waals surface area contributed by atoms with Gasteiger partial charge in [0.1, 0.15) is 11.2 Å². The Balaban J connectivity index is 0.956. The van der Waals surface area contributed by atoms with Gasteiger partial charge in [0, 0.05) is 72.6 Å². The molecule has 4 saturated heterocycles. The lowest BCUT2D eigenvalue weighted by Crippen LogP contribution is -2.78. The first-order valence-electron chi connectivity index (χ1n) is 32.5. The molecule has 0 amide bonds. The number of ether oxygens (including phenoxy) is 2. The summed E-state index contributed by atoms with van der Waals surface area (Å²) in [7, 11) is 0. The van der Waals surface area contributed by atoms with E-state index in [1.54, 1.807) is 16.8 Å². The molecule has 5 spiro atoms. The maximum Gasteiger partial charge on any atom is 0.339 e. The third-order valence-electron chi connectivity index (χ3n) is 27.9. The van der Waals surface area contributed by atoms with Crippen LogP contribution in [0.15, 0.2) is 58.2 Å². The highest BCUT2D eigenvalue weighted by atomic mass is 16.6. The van der Waals surface area contributed by atoms with Crippen molar-refractivity contribution in [3.05, 3.63) is 80.5 Å². The van der Waals surface area contributed by atoms with Gasteiger partial charge in [-0.1, -0.05) is 99.1 Å². The fourth-order valence-corrected chi connectivity index (χ4v) is 25.7. The SMILES string of the molecule is C[C@H]1CC2=C3[C@H]4C5=C6[C@@H](/C=C\[C@@H](C7CCCCC7)C[C@H]7[C@]68C(=O)O/C6=C(/O)[C@@H]9[C@H](C#CCc%10ccc(CCCN)c%11c%10[C@]7(OC%11=O)[C@]68CC5)C[C@H]5[C@H]6C[C@@H](CN5[C@@H]9C5CC7(CCCC7)C7(CCCC7)C5)[C@@H](CC2)N3C6)C[C@@H]41. The zero-order valence-electron chi connectivity index (χ0n) is 46.2. The van der Waals surface area contributed by atoms with Crippen LogP contribution in [0.4, 0.5) is 0 Å². The van der Waals surface area contributed by atoms with Crippen LogP contribution in [0.5, 0.6) is 0 Å². The molecule has 1 aromatic carbocycles. The molecular weight excluding hydrogens is 951 g/mol. The summed E-state index contributed by atoms with van der Waals surface area (Å²) in [5.74, 6) is 11.6. The van der Waals surface area contributed by atoms with Crippen LogP contribution in [0.1, 0.15) is 194 Å². The minimum absolute atomic E-state index is 0.0857. The molecule has 16 aliphatic rings. The lowest BCUT2D eigenvalue weighted by Gasteiger charge is -2.73. The van der Waals surface area contributed by atoms with Crippen LogP contribution >= 0.6 is 0 Å². The van der Waals surface area contributed by atoms with E-state index in [2.05, 4.69) is 52.8 Å². The summed E-state index contributed by atoms with van der Waals surface area (Å²) in [6, 6.07) is 5.53. The van der Waals surface area contributed by atoms with Crippen LogP contribution in [0.2, 0.25) is 0 Å². The van der Waals surface area contributed by atoms with E-state index < -0.39 is 16.4 Å². The van der Waals surface area contributed by atoms with E-state index in [9.17, 15) is 5.11 Å². The van der Waals surface area contributed by atoms with Crippen molar-refractivity contribution in [2.24, 2.45) is 98.4 Å². The molecule has 9 fully saturated rings. The van der Waals surface area contributed by atoms with Gasteiger partial charge in [0.05, 0.1) is 11.0 Å². The number of aliphatic hydroxyl groups excluding tert-OH is 1. The molecule has 2 bridgehead atoms. The first-order valence-corrected chi connectivity index (χ1v) is 32.5. The Morgan fingerprint density at radius 1 is 0.831 bits per heavy atom. The van der Waals surface area contributed by atoms with Crippen LogP contribution in [-0.2, 0) is 32.7 Å². The second-order valence-corrected chi connectivity index (χ2v) is 30.1. The zero-order valence-corrected chi connectivity index (χ0v) is 46.2. The van der Waals surface area contributed by atoms with Gasteiger partial charge in [-0.3, -0.25) is 9.69 Å².